The Bertz CT molecular complexity index is 52.5. The number of nitrogens with one attached hydrogen (secondary N) is 1. The summed E-state index contributed by atoms with van der Waals surface area (Å²) in [5.41, 5.74) is 0. The molecule has 1 amide bonds. The number of carbonyl (C=O) groups excluding carboxylic acids is 1. The van der Waals surface area contributed by atoms with E-state index in [2.05, 4.69) is 5.32 Å². The maximum Gasteiger partial charge on any atom is 2.00 e. The van der Waals surface area contributed by atoms with Crippen molar-refractivity contribution in [2.45, 2.75) is 6.92 Å². The SMILES string of the molecule is CNC(C)=O.[Ca+2].[Cl-].[Cl-]. The fraction of sp³-hybridized carbons (Fsp3) is 0.667. The van der Waals surface area contributed by atoms with Crippen LogP contribution in [0.1, 0.15) is 6.92 Å². The van der Waals surface area contributed by atoms with Gasteiger partial charge in [-0.3, -0.25) is 4.79 Å². The van der Waals surface area contributed by atoms with E-state index in [1.807, 2.05) is 0 Å². The van der Waals surface area contributed by atoms with Gasteiger partial charge >= 0.3 is 37.7 Å². The largest absolute Gasteiger partial charge is 2.00 e. The second-order valence-corrected chi connectivity index (χ2v) is 0.806. The fourth-order valence-corrected chi connectivity index (χ4v) is 0. The van der Waals surface area contributed by atoms with Gasteiger partial charge in [0.05, 0.1) is 0 Å². The van der Waals surface area contributed by atoms with Crippen LogP contribution >= 0.6 is 0 Å². The predicted molar refractivity (Wildman–Crippen MR) is 25.5 cm³/mol. The topological polar surface area (TPSA) is 29.1 Å². The van der Waals surface area contributed by atoms with Crippen LogP contribution in [-0.2, 0) is 4.79 Å². The van der Waals surface area contributed by atoms with Gasteiger partial charge in [-0.05, 0) is 0 Å². The zero-order valence-corrected chi connectivity index (χ0v) is 8.59. The van der Waals surface area contributed by atoms with Crippen LogP contribution in [0, 0.1) is 0 Å². The average molecular weight is 184 g/mol. The van der Waals surface area contributed by atoms with Gasteiger partial charge in [0.15, 0.2) is 0 Å². The first-order chi connectivity index (χ1) is 2.27. The zero-order chi connectivity index (χ0) is 4.28. The van der Waals surface area contributed by atoms with Crippen molar-refractivity contribution in [2.75, 3.05) is 7.05 Å². The molecule has 0 spiro atoms. The minimum Gasteiger partial charge on any atom is -1.00 e. The van der Waals surface area contributed by atoms with Crippen molar-refractivity contribution in [3.8, 4) is 0 Å². The molecule has 0 aromatic heterocycles. The van der Waals surface area contributed by atoms with Crippen molar-refractivity contribution in [3.63, 3.8) is 0 Å². The van der Waals surface area contributed by atoms with Gasteiger partial charge in [0.25, 0.3) is 0 Å². The zero-order valence-electron chi connectivity index (χ0n) is 4.87. The molecule has 0 aliphatic carbocycles. The van der Waals surface area contributed by atoms with Gasteiger partial charge in [0, 0.05) is 14.0 Å². The summed E-state index contributed by atoms with van der Waals surface area (Å²) in [6, 6.07) is 0. The summed E-state index contributed by atoms with van der Waals surface area (Å²) in [6.45, 7) is 1.47. The Hall–Kier alpha value is 1.31. The first kappa shape index (κ1) is 22.8. The number of hydrogen-bond acceptors (Lipinski definition) is 1. The van der Waals surface area contributed by atoms with E-state index in [9.17, 15) is 4.79 Å². The molecule has 0 radical (unpaired) electrons. The number of amides is 1. The van der Waals surface area contributed by atoms with Gasteiger partial charge in [-0.15, -0.1) is 0 Å². The minimum absolute atomic E-state index is 0. The molecule has 0 unspecified atom stereocenters. The minimum atomic E-state index is 0. The van der Waals surface area contributed by atoms with Crippen molar-refractivity contribution < 1.29 is 29.6 Å². The van der Waals surface area contributed by atoms with Gasteiger partial charge < -0.3 is 30.1 Å². The molecule has 2 nitrogen and oxygen atoms in total. The van der Waals surface area contributed by atoms with Crippen molar-refractivity contribution in [2.24, 2.45) is 0 Å². The number of rotatable bonds is 0. The molecule has 5 heteroatoms. The van der Waals surface area contributed by atoms with Gasteiger partial charge in [0.2, 0.25) is 5.91 Å². The molecule has 0 fully saturated rings. The molecule has 1 N–H and O–H groups in total. The Kier molecular flexibility index (Phi) is 44.9. The molecule has 0 rings (SSSR count). The van der Waals surface area contributed by atoms with E-state index < -0.39 is 0 Å². The molecule has 8 heavy (non-hydrogen) atoms. The van der Waals surface area contributed by atoms with Crippen molar-refractivity contribution >= 4 is 43.6 Å². The van der Waals surface area contributed by atoms with Crippen molar-refractivity contribution in [1.29, 1.82) is 0 Å². The Morgan fingerprint density at radius 3 is 1.50 bits per heavy atom. The second-order valence-electron chi connectivity index (χ2n) is 0.806. The molecule has 0 aliphatic rings. The maximum atomic E-state index is 9.70. The molecule has 0 saturated carbocycles. The fourth-order valence-electron chi connectivity index (χ4n) is 0. The number of halogens is 2. The Morgan fingerprint density at radius 2 is 1.50 bits per heavy atom. The van der Waals surface area contributed by atoms with E-state index in [-0.39, 0.29) is 68.5 Å². The quantitative estimate of drug-likeness (QED) is 0.373. The van der Waals surface area contributed by atoms with Crippen LogP contribution in [0.3, 0.4) is 0 Å². The summed E-state index contributed by atoms with van der Waals surface area (Å²) in [6.07, 6.45) is 0. The van der Waals surface area contributed by atoms with Gasteiger partial charge in [-0.25, -0.2) is 0 Å². The third-order valence-electron chi connectivity index (χ3n) is 0.352. The summed E-state index contributed by atoms with van der Waals surface area (Å²) in [4.78, 5) is 9.70. The van der Waals surface area contributed by atoms with Gasteiger partial charge in [0.1, 0.15) is 0 Å². The van der Waals surface area contributed by atoms with E-state index in [1.54, 1.807) is 7.05 Å². The summed E-state index contributed by atoms with van der Waals surface area (Å²) in [7, 11) is 1.60. The average Bonchev–Trinajstić information content (AvgIpc) is 1.38. The summed E-state index contributed by atoms with van der Waals surface area (Å²) >= 11 is 0. The van der Waals surface area contributed by atoms with Crippen molar-refractivity contribution in [3.05, 3.63) is 0 Å². The van der Waals surface area contributed by atoms with E-state index >= 15 is 0 Å². The Balaban J connectivity index is -0.0000000267. The molecular formula is C3H7CaCl2NO. The Morgan fingerprint density at radius 1 is 1.38 bits per heavy atom. The third-order valence-corrected chi connectivity index (χ3v) is 0.352. The molecule has 0 heterocycles. The van der Waals surface area contributed by atoms with Crippen LogP contribution in [0.4, 0.5) is 0 Å². The molecule has 0 aromatic rings. The third kappa shape index (κ3) is 26.6. The molecular weight excluding hydrogens is 177 g/mol. The first-order valence-electron chi connectivity index (χ1n) is 1.45. The van der Waals surface area contributed by atoms with Crippen LogP contribution in [0.5, 0.6) is 0 Å². The number of hydrogen-bond donors (Lipinski definition) is 1. The molecule has 0 bridgehead atoms. The molecule has 46 valence electrons. The van der Waals surface area contributed by atoms with Gasteiger partial charge in [-0.2, -0.15) is 0 Å². The standard InChI is InChI=1S/C3H7NO.Ca.2ClH/c1-3(5)4-2;;;/h1-2H3,(H,4,5);;2*1H/q;+2;;/p-2. The molecule has 0 saturated heterocycles. The monoisotopic (exact) mass is 183 g/mol. The maximum absolute atomic E-state index is 9.70. The first-order valence-corrected chi connectivity index (χ1v) is 1.45. The molecule has 0 atom stereocenters. The second kappa shape index (κ2) is 15.7. The van der Waals surface area contributed by atoms with Gasteiger partial charge in [-0.1, -0.05) is 0 Å². The van der Waals surface area contributed by atoms with Crippen LogP contribution in [-0.4, -0.2) is 50.7 Å². The van der Waals surface area contributed by atoms with Crippen molar-refractivity contribution in [1.82, 2.24) is 5.32 Å². The van der Waals surface area contributed by atoms with E-state index in [0.717, 1.165) is 0 Å². The van der Waals surface area contributed by atoms with E-state index in [0.29, 0.717) is 0 Å². The van der Waals surface area contributed by atoms with Crippen LogP contribution in [0.15, 0.2) is 0 Å². The molecule has 0 aliphatic heterocycles. The predicted octanol–water partition coefficient (Wildman–Crippen LogP) is -6.62. The summed E-state index contributed by atoms with van der Waals surface area (Å²) in [5, 5.41) is 2.39. The van der Waals surface area contributed by atoms with E-state index in [1.165, 1.54) is 6.92 Å². The smallest absolute Gasteiger partial charge is 1.00 e. The summed E-state index contributed by atoms with van der Waals surface area (Å²) < 4.78 is 0. The number of carbonyl (C=O) groups is 1. The normalized spacial score (nSPS) is 4.25. The Labute approximate surface area is 91.6 Å². The van der Waals surface area contributed by atoms with E-state index in [4.69, 9.17) is 0 Å². The van der Waals surface area contributed by atoms with Crippen LogP contribution in [0.25, 0.3) is 0 Å². The van der Waals surface area contributed by atoms with Crippen LogP contribution < -0.4 is 30.1 Å². The van der Waals surface area contributed by atoms with Crippen LogP contribution in [0.2, 0.25) is 0 Å². The summed E-state index contributed by atoms with van der Waals surface area (Å²) in [5.74, 6) is 0.00463. The molecule has 0 aromatic carbocycles.